The lowest BCUT2D eigenvalue weighted by atomic mass is 9.32. The minimum Gasteiger partial charge on any atom is -0.454 e. The molecule has 0 radical (unpaired) electrons. The first kappa shape index (κ1) is 36.4. The Hall–Kier alpha value is -1.92. The van der Waals surface area contributed by atoms with Gasteiger partial charge in [-0.1, -0.05) is 79.2 Å². The second-order valence-electron chi connectivity index (χ2n) is 18.4. The lowest BCUT2D eigenvalue weighted by molar-refractivity contribution is -0.264. The van der Waals surface area contributed by atoms with Crippen LogP contribution >= 0.6 is 0 Å². The Morgan fingerprint density at radius 2 is 1.45 bits per heavy atom. The summed E-state index contributed by atoms with van der Waals surface area (Å²) in [7, 11) is 0. The van der Waals surface area contributed by atoms with E-state index in [9.17, 15) is 19.8 Å². The van der Waals surface area contributed by atoms with Crippen molar-refractivity contribution in [2.45, 2.75) is 146 Å². The topological polar surface area (TPSA) is 93.1 Å². The van der Waals surface area contributed by atoms with Gasteiger partial charge in [0.05, 0.1) is 18.1 Å². The molecule has 4 fully saturated rings. The van der Waals surface area contributed by atoms with Gasteiger partial charge < -0.3 is 19.7 Å². The number of hydrogen-bond donors (Lipinski definition) is 2. The molecule has 11 atom stereocenters. The summed E-state index contributed by atoms with van der Waals surface area (Å²) in [5.41, 5.74) is 0.536. The summed E-state index contributed by atoms with van der Waals surface area (Å²) in [6.07, 6.45) is 9.87. The van der Waals surface area contributed by atoms with Crippen LogP contribution in [0.25, 0.3) is 0 Å². The molecule has 47 heavy (non-hydrogen) atoms. The molecule has 5 aliphatic carbocycles. The Bertz CT molecular complexity index is 1370. The van der Waals surface area contributed by atoms with Gasteiger partial charge in [-0.25, -0.2) is 9.59 Å². The van der Waals surface area contributed by atoms with E-state index in [2.05, 4.69) is 61.5 Å². The van der Waals surface area contributed by atoms with Crippen molar-refractivity contribution in [3.8, 4) is 0 Å². The van der Waals surface area contributed by atoms with Crippen molar-refractivity contribution in [3.63, 3.8) is 0 Å². The average molecular weight is 653 g/mol. The van der Waals surface area contributed by atoms with Crippen molar-refractivity contribution < 1.29 is 29.3 Å². The van der Waals surface area contributed by atoms with E-state index in [0.717, 1.165) is 12.8 Å². The van der Waals surface area contributed by atoms with Gasteiger partial charge in [0.2, 0.25) is 0 Å². The van der Waals surface area contributed by atoms with Crippen LogP contribution in [0, 0.1) is 56.2 Å². The van der Waals surface area contributed by atoms with Gasteiger partial charge in [0, 0.05) is 16.6 Å². The fraction of sp³-hybridized carbons (Fsp3) is 0.805. The molecular weight excluding hydrogens is 588 g/mol. The molecule has 264 valence electrons. The molecule has 0 bridgehead atoms. The Morgan fingerprint density at radius 1 is 0.872 bits per heavy atom. The lowest BCUT2D eigenvalue weighted by Crippen LogP contribution is -2.72. The van der Waals surface area contributed by atoms with Gasteiger partial charge in [-0.05, 0) is 118 Å². The summed E-state index contributed by atoms with van der Waals surface area (Å²) in [5.74, 6) is 0.607. The van der Waals surface area contributed by atoms with Crippen molar-refractivity contribution in [2.75, 3.05) is 6.61 Å². The van der Waals surface area contributed by atoms with Crippen LogP contribution in [-0.2, 0) is 19.1 Å². The summed E-state index contributed by atoms with van der Waals surface area (Å²) >= 11 is 0. The second kappa shape index (κ2) is 11.9. The van der Waals surface area contributed by atoms with Crippen LogP contribution in [0.1, 0.15) is 128 Å². The van der Waals surface area contributed by atoms with E-state index in [-0.39, 0.29) is 34.2 Å². The first-order chi connectivity index (χ1) is 21.7. The number of aliphatic hydroxyl groups excluding tert-OH is 2. The summed E-state index contributed by atoms with van der Waals surface area (Å²) in [6.45, 7) is 25.6. The van der Waals surface area contributed by atoms with Gasteiger partial charge in [-0.15, -0.1) is 0 Å². The molecule has 6 heteroatoms. The first-order valence-corrected chi connectivity index (χ1v) is 18.4. The van der Waals surface area contributed by atoms with Crippen LogP contribution < -0.4 is 0 Å². The molecule has 0 heterocycles. The lowest BCUT2D eigenvalue weighted by Gasteiger charge is -2.72. The number of aliphatic hydroxyl groups is 2. The summed E-state index contributed by atoms with van der Waals surface area (Å²) in [5, 5.41) is 24.1. The Morgan fingerprint density at radius 3 is 2.00 bits per heavy atom. The molecule has 6 nitrogen and oxygen atoms in total. The number of esters is 2. The number of carbonyl (C=O) groups is 2. The number of ether oxygens (including phenoxy) is 2. The molecule has 0 spiro atoms. The van der Waals surface area contributed by atoms with E-state index < -0.39 is 41.1 Å². The molecule has 5 rings (SSSR count). The van der Waals surface area contributed by atoms with Crippen LogP contribution in [0.4, 0.5) is 0 Å². The molecule has 0 aromatic rings. The molecule has 0 amide bonds. The number of allylic oxidation sites excluding steroid dienone is 4. The van der Waals surface area contributed by atoms with Gasteiger partial charge in [-0.3, -0.25) is 0 Å². The molecule has 0 aliphatic heterocycles. The summed E-state index contributed by atoms with van der Waals surface area (Å²) in [4.78, 5) is 26.8. The van der Waals surface area contributed by atoms with Crippen LogP contribution in [0.15, 0.2) is 34.9 Å². The first-order valence-electron chi connectivity index (χ1n) is 18.4. The quantitative estimate of drug-likeness (QED) is 0.176. The highest BCUT2D eigenvalue weighted by molar-refractivity contribution is 5.88. The van der Waals surface area contributed by atoms with Crippen LogP contribution in [0.2, 0.25) is 0 Å². The molecule has 0 aromatic heterocycles. The van der Waals surface area contributed by atoms with Gasteiger partial charge in [0.25, 0.3) is 0 Å². The van der Waals surface area contributed by atoms with Crippen molar-refractivity contribution in [2.24, 2.45) is 56.2 Å². The van der Waals surface area contributed by atoms with Crippen molar-refractivity contribution >= 4 is 11.9 Å². The highest BCUT2D eigenvalue weighted by Crippen LogP contribution is 2.76. The second-order valence-corrected chi connectivity index (χ2v) is 18.4. The predicted octanol–water partition coefficient (Wildman–Crippen LogP) is 8.36. The van der Waals surface area contributed by atoms with Gasteiger partial charge in [0.15, 0.2) is 6.10 Å². The van der Waals surface area contributed by atoms with E-state index in [0.29, 0.717) is 41.7 Å². The molecular formula is C41H64O6. The number of fused-ring (bicyclic) bond motifs is 7. The van der Waals surface area contributed by atoms with Crippen LogP contribution in [0.5, 0.6) is 0 Å². The molecule has 0 saturated heterocycles. The van der Waals surface area contributed by atoms with E-state index in [1.807, 2.05) is 0 Å². The Kier molecular flexibility index (Phi) is 9.17. The van der Waals surface area contributed by atoms with Crippen LogP contribution in [-0.4, -0.2) is 47.1 Å². The number of carbonyl (C=O) groups excluding carboxylic acids is 2. The van der Waals surface area contributed by atoms with E-state index >= 15 is 0 Å². The third kappa shape index (κ3) is 4.99. The number of rotatable bonds is 5. The normalized spacial score (nSPS) is 45.7. The SMILES string of the molecule is CC=C(C)C(=O)O[C@H]1[C@H](OC(=O)C(C)=CC)[C@@]2(CO)C(CC1(C)C)C1=CCC3[C@@]4(C)CC[C@H](C)C(C)(C)C4CC[C@@]3(C)[C@]1(C)C[C@H]2O. The smallest absolute Gasteiger partial charge is 0.333 e. The molecule has 3 unspecified atom stereocenters. The predicted molar refractivity (Wildman–Crippen MR) is 186 cm³/mol. The Balaban J connectivity index is 1.65. The van der Waals surface area contributed by atoms with Crippen molar-refractivity contribution in [1.82, 2.24) is 0 Å². The minimum atomic E-state index is -1.22. The average Bonchev–Trinajstić information content (AvgIpc) is 3.00. The fourth-order valence-electron chi connectivity index (χ4n) is 12.1. The van der Waals surface area contributed by atoms with Gasteiger partial charge in [0.1, 0.15) is 6.10 Å². The third-order valence-corrected chi connectivity index (χ3v) is 15.9. The molecule has 2 N–H and O–H groups in total. The maximum Gasteiger partial charge on any atom is 0.333 e. The van der Waals surface area contributed by atoms with E-state index in [4.69, 9.17) is 9.47 Å². The zero-order valence-electron chi connectivity index (χ0n) is 31.5. The standard InChI is InChI=1S/C41H64O6/c1-13-24(3)34(44)46-32-33(47-35(45)25(4)14-2)41(23-42)28(21-36(32,6)7)27-15-16-30-38(10)19-17-26(5)37(8,9)29(38)18-20-39(30,11)40(27,12)22-31(41)43/h13-15,26,28-33,42-43H,16-23H2,1-12H3/t26-,28?,29?,30?,31+,32-,33-,38-,39+,40+,41-/m0/s1. The number of hydrogen-bond acceptors (Lipinski definition) is 6. The molecule has 0 aromatic carbocycles. The zero-order chi connectivity index (χ0) is 35.1. The maximum atomic E-state index is 13.5. The van der Waals surface area contributed by atoms with Crippen molar-refractivity contribution in [3.05, 3.63) is 34.9 Å². The maximum absolute atomic E-state index is 13.5. The Labute approximate surface area is 284 Å². The van der Waals surface area contributed by atoms with Crippen LogP contribution in [0.3, 0.4) is 0 Å². The fourth-order valence-corrected chi connectivity index (χ4v) is 12.1. The zero-order valence-corrected chi connectivity index (χ0v) is 31.5. The highest BCUT2D eigenvalue weighted by atomic mass is 16.6. The van der Waals surface area contributed by atoms with E-state index in [1.54, 1.807) is 39.8 Å². The largest absolute Gasteiger partial charge is 0.454 e. The monoisotopic (exact) mass is 652 g/mol. The molecule has 5 aliphatic rings. The van der Waals surface area contributed by atoms with Crippen molar-refractivity contribution in [1.29, 1.82) is 0 Å². The minimum absolute atomic E-state index is 0.0359. The summed E-state index contributed by atoms with van der Waals surface area (Å²) < 4.78 is 12.6. The highest BCUT2D eigenvalue weighted by Gasteiger charge is 2.73. The molecule has 4 saturated carbocycles. The summed E-state index contributed by atoms with van der Waals surface area (Å²) in [6, 6.07) is 0. The third-order valence-electron chi connectivity index (χ3n) is 15.9. The van der Waals surface area contributed by atoms with Gasteiger partial charge in [-0.2, -0.15) is 0 Å². The van der Waals surface area contributed by atoms with Gasteiger partial charge >= 0.3 is 11.9 Å². The van der Waals surface area contributed by atoms with E-state index in [1.165, 1.54) is 24.8 Å².